The van der Waals surface area contributed by atoms with Crippen LogP contribution in [0.3, 0.4) is 0 Å². The first-order valence-electron chi connectivity index (χ1n) is 5.43. The molecule has 0 aromatic carbocycles. The van der Waals surface area contributed by atoms with E-state index in [4.69, 9.17) is 0 Å². The lowest BCUT2D eigenvalue weighted by atomic mass is 9.99. The van der Waals surface area contributed by atoms with E-state index in [1.807, 2.05) is 0 Å². The Bertz CT molecular complexity index is 341. The molecule has 14 heavy (non-hydrogen) atoms. The first kappa shape index (κ1) is 9.32. The van der Waals surface area contributed by atoms with Crippen molar-refractivity contribution in [1.82, 2.24) is 4.57 Å². The van der Waals surface area contributed by atoms with Crippen molar-refractivity contribution in [2.45, 2.75) is 32.6 Å². The molecule has 0 bridgehead atoms. The molecule has 1 aliphatic rings. The van der Waals surface area contributed by atoms with Gasteiger partial charge >= 0.3 is 0 Å². The molecule has 0 saturated heterocycles. The Morgan fingerprint density at radius 3 is 2.79 bits per heavy atom. The quantitative estimate of drug-likeness (QED) is 0.677. The minimum atomic E-state index is 1.19. The van der Waals surface area contributed by atoms with Gasteiger partial charge in [-0.25, -0.2) is 0 Å². The largest absolute Gasteiger partial charge is 0.324 e. The summed E-state index contributed by atoms with van der Waals surface area (Å²) >= 11 is 0. The van der Waals surface area contributed by atoms with Crippen LogP contribution < -0.4 is 0 Å². The lowest BCUT2D eigenvalue weighted by Gasteiger charge is -2.14. The van der Waals surface area contributed by atoms with Gasteiger partial charge in [0.15, 0.2) is 0 Å². The minimum absolute atomic E-state index is 1.19. The van der Waals surface area contributed by atoms with Crippen LogP contribution >= 0.6 is 0 Å². The Morgan fingerprint density at radius 1 is 1.29 bits per heavy atom. The second kappa shape index (κ2) is 4.32. The van der Waals surface area contributed by atoms with Crippen LogP contribution in [-0.4, -0.2) is 4.57 Å². The summed E-state index contributed by atoms with van der Waals surface area (Å²) in [6.45, 7) is 2.24. The van der Waals surface area contributed by atoms with E-state index in [0.717, 1.165) is 0 Å². The van der Waals surface area contributed by atoms with Crippen molar-refractivity contribution < 1.29 is 0 Å². The highest BCUT2D eigenvalue weighted by Crippen LogP contribution is 2.23. The third kappa shape index (κ3) is 1.98. The van der Waals surface area contributed by atoms with Gasteiger partial charge in [0.25, 0.3) is 0 Å². The lowest BCUT2D eigenvalue weighted by Crippen LogP contribution is -1.97. The molecule has 2 rings (SSSR count). The smallest absolute Gasteiger partial charge is 0.0409 e. The van der Waals surface area contributed by atoms with E-state index in [2.05, 4.69) is 48.2 Å². The van der Waals surface area contributed by atoms with E-state index in [0.29, 0.717) is 0 Å². The van der Waals surface area contributed by atoms with Crippen LogP contribution in [0.2, 0.25) is 0 Å². The Labute approximate surface area is 85.7 Å². The van der Waals surface area contributed by atoms with Gasteiger partial charge in [0.05, 0.1) is 0 Å². The molecule has 74 valence electrons. The normalized spacial score (nSPS) is 16.4. The summed E-state index contributed by atoms with van der Waals surface area (Å²) in [4.78, 5) is 0. The molecular formula is C13H17N. The van der Waals surface area contributed by atoms with Crippen molar-refractivity contribution in [2.24, 2.45) is 0 Å². The van der Waals surface area contributed by atoms with Gasteiger partial charge in [-0.3, -0.25) is 0 Å². The van der Waals surface area contributed by atoms with E-state index in [1.165, 1.54) is 31.4 Å². The second-order valence-corrected chi connectivity index (χ2v) is 3.81. The molecule has 0 aliphatic heterocycles. The average Bonchev–Trinajstić information content (AvgIpc) is 2.71. The molecule has 1 aliphatic carbocycles. The molecule has 1 nitrogen and oxygen atoms in total. The maximum atomic E-state index is 2.34. The van der Waals surface area contributed by atoms with E-state index < -0.39 is 0 Å². The zero-order valence-electron chi connectivity index (χ0n) is 8.74. The summed E-state index contributed by atoms with van der Waals surface area (Å²) in [6.07, 6.45) is 13.8. The SMILES string of the molecule is CCCC1=CC(n2cccc2)=CCC1. The topological polar surface area (TPSA) is 4.93 Å². The van der Waals surface area contributed by atoms with Crippen LogP contribution in [0.25, 0.3) is 5.70 Å². The van der Waals surface area contributed by atoms with Crippen molar-refractivity contribution in [3.8, 4) is 0 Å². The van der Waals surface area contributed by atoms with E-state index >= 15 is 0 Å². The van der Waals surface area contributed by atoms with Crippen LogP contribution in [-0.2, 0) is 0 Å². The molecule has 0 unspecified atom stereocenters. The van der Waals surface area contributed by atoms with Crippen molar-refractivity contribution in [3.05, 3.63) is 42.3 Å². The molecule has 1 aromatic heterocycles. The number of aromatic nitrogens is 1. The summed E-state index contributed by atoms with van der Waals surface area (Å²) < 4.78 is 2.19. The van der Waals surface area contributed by atoms with Crippen LogP contribution in [0.1, 0.15) is 32.6 Å². The summed E-state index contributed by atoms with van der Waals surface area (Å²) in [5.41, 5.74) is 2.93. The molecule has 1 heteroatoms. The third-order valence-corrected chi connectivity index (χ3v) is 2.64. The number of allylic oxidation sites excluding steroid dienone is 4. The fraction of sp³-hybridized carbons (Fsp3) is 0.385. The highest BCUT2D eigenvalue weighted by Gasteiger charge is 2.05. The van der Waals surface area contributed by atoms with Gasteiger partial charge in [0.2, 0.25) is 0 Å². The van der Waals surface area contributed by atoms with Gasteiger partial charge < -0.3 is 4.57 Å². The highest BCUT2D eigenvalue weighted by molar-refractivity contribution is 5.60. The fourth-order valence-electron chi connectivity index (χ4n) is 1.95. The van der Waals surface area contributed by atoms with Gasteiger partial charge in [0.1, 0.15) is 0 Å². The maximum Gasteiger partial charge on any atom is 0.0409 e. The van der Waals surface area contributed by atoms with E-state index in [9.17, 15) is 0 Å². The highest BCUT2D eigenvalue weighted by atomic mass is 14.9. The van der Waals surface area contributed by atoms with Gasteiger partial charge in [-0.15, -0.1) is 0 Å². The Balaban J connectivity index is 2.17. The summed E-state index contributed by atoms with van der Waals surface area (Å²) in [7, 11) is 0. The molecule has 1 heterocycles. The molecule has 1 aromatic rings. The molecule has 0 radical (unpaired) electrons. The van der Waals surface area contributed by atoms with Crippen molar-refractivity contribution >= 4 is 5.70 Å². The zero-order chi connectivity index (χ0) is 9.80. The average molecular weight is 187 g/mol. The summed E-state index contributed by atoms with van der Waals surface area (Å²) in [5.74, 6) is 0. The Hall–Kier alpha value is -1.24. The number of hydrogen-bond acceptors (Lipinski definition) is 0. The summed E-state index contributed by atoms with van der Waals surface area (Å²) in [6, 6.07) is 4.14. The summed E-state index contributed by atoms with van der Waals surface area (Å²) in [5, 5.41) is 0. The van der Waals surface area contributed by atoms with Crippen molar-refractivity contribution in [3.63, 3.8) is 0 Å². The van der Waals surface area contributed by atoms with Crippen LogP contribution in [0.4, 0.5) is 0 Å². The second-order valence-electron chi connectivity index (χ2n) is 3.81. The molecule has 0 atom stereocenters. The molecular weight excluding hydrogens is 170 g/mol. The zero-order valence-corrected chi connectivity index (χ0v) is 8.74. The van der Waals surface area contributed by atoms with E-state index in [1.54, 1.807) is 5.57 Å². The number of hydrogen-bond donors (Lipinski definition) is 0. The van der Waals surface area contributed by atoms with Gasteiger partial charge in [-0.1, -0.05) is 25.0 Å². The van der Waals surface area contributed by atoms with Crippen LogP contribution in [0.15, 0.2) is 42.3 Å². The monoisotopic (exact) mass is 187 g/mol. The molecule has 0 amide bonds. The number of rotatable bonds is 3. The molecule has 0 saturated carbocycles. The van der Waals surface area contributed by atoms with Gasteiger partial charge in [-0.2, -0.15) is 0 Å². The fourth-order valence-corrected chi connectivity index (χ4v) is 1.95. The van der Waals surface area contributed by atoms with Crippen molar-refractivity contribution in [2.75, 3.05) is 0 Å². The van der Waals surface area contributed by atoms with E-state index in [-0.39, 0.29) is 0 Å². The Morgan fingerprint density at radius 2 is 2.07 bits per heavy atom. The van der Waals surface area contributed by atoms with Crippen molar-refractivity contribution in [1.29, 1.82) is 0 Å². The standard InChI is InChI=1S/C13H17N/c1-2-6-12-7-5-8-13(11-12)14-9-3-4-10-14/h3-4,8-11H,2,5-7H2,1H3. The first-order chi connectivity index (χ1) is 6.90. The minimum Gasteiger partial charge on any atom is -0.324 e. The Kier molecular flexibility index (Phi) is 2.87. The lowest BCUT2D eigenvalue weighted by molar-refractivity contribution is 0.817. The predicted molar refractivity (Wildman–Crippen MR) is 60.9 cm³/mol. The third-order valence-electron chi connectivity index (χ3n) is 2.64. The molecule has 0 fully saturated rings. The first-order valence-corrected chi connectivity index (χ1v) is 5.43. The maximum absolute atomic E-state index is 2.34. The molecule has 0 N–H and O–H groups in total. The predicted octanol–water partition coefficient (Wildman–Crippen LogP) is 3.85. The van der Waals surface area contributed by atoms with Gasteiger partial charge in [0, 0.05) is 18.1 Å². The molecule has 0 spiro atoms. The van der Waals surface area contributed by atoms with Crippen LogP contribution in [0.5, 0.6) is 0 Å². The van der Waals surface area contributed by atoms with Gasteiger partial charge in [-0.05, 0) is 37.5 Å². The van der Waals surface area contributed by atoms with Crippen LogP contribution in [0, 0.1) is 0 Å². The number of nitrogens with zero attached hydrogens (tertiary/aromatic N) is 1.